The molecule has 17 heavy (non-hydrogen) atoms. The standard InChI is InChI=1S/C12H19NO3S/c1-3-10(2)17(14,15)9-8-16-12-6-4-11(13)5-7-12/h4-7,10H,3,8-9,13H2,1-2H3. The van der Waals surface area contributed by atoms with Crippen molar-refractivity contribution in [2.75, 3.05) is 18.1 Å². The van der Waals surface area contributed by atoms with Gasteiger partial charge in [0.05, 0.1) is 11.0 Å². The molecule has 0 radical (unpaired) electrons. The van der Waals surface area contributed by atoms with Crippen molar-refractivity contribution < 1.29 is 13.2 Å². The van der Waals surface area contributed by atoms with Crippen LogP contribution in [0.4, 0.5) is 5.69 Å². The molecule has 1 unspecified atom stereocenters. The van der Waals surface area contributed by atoms with E-state index in [1.54, 1.807) is 31.2 Å². The highest BCUT2D eigenvalue weighted by Gasteiger charge is 2.18. The summed E-state index contributed by atoms with van der Waals surface area (Å²) >= 11 is 0. The van der Waals surface area contributed by atoms with Crippen LogP contribution in [0.3, 0.4) is 0 Å². The monoisotopic (exact) mass is 257 g/mol. The smallest absolute Gasteiger partial charge is 0.156 e. The molecule has 0 saturated carbocycles. The normalized spacial score (nSPS) is 13.3. The van der Waals surface area contributed by atoms with Gasteiger partial charge in [-0.25, -0.2) is 8.42 Å². The molecule has 0 aromatic heterocycles. The van der Waals surface area contributed by atoms with Crippen molar-refractivity contribution in [1.82, 2.24) is 0 Å². The minimum Gasteiger partial charge on any atom is -0.493 e. The average Bonchev–Trinajstić information content (AvgIpc) is 2.30. The summed E-state index contributed by atoms with van der Waals surface area (Å²) in [6, 6.07) is 6.90. The largest absolute Gasteiger partial charge is 0.493 e. The molecular weight excluding hydrogens is 238 g/mol. The second-order valence-electron chi connectivity index (χ2n) is 4.00. The number of nitrogen functional groups attached to an aromatic ring is 1. The van der Waals surface area contributed by atoms with Gasteiger partial charge >= 0.3 is 0 Å². The fourth-order valence-corrected chi connectivity index (χ4v) is 2.52. The fraction of sp³-hybridized carbons (Fsp3) is 0.500. The van der Waals surface area contributed by atoms with Crippen LogP contribution in [-0.4, -0.2) is 26.0 Å². The molecular formula is C12H19NO3S. The predicted molar refractivity (Wildman–Crippen MR) is 69.9 cm³/mol. The lowest BCUT2D eigenvalue weighted by Gasteiger charge is -2.11. The van der Waals surface area contributed by atoms with Gasteiger partial charge < -0.3 is 10.5 Å². The number of hydrogen-bond donors (Lipinski definition) is 1. The van der Waals surface area contributed by atoms with Crippen LogP contribution in [-0.2, 0) is 9.84 Å². The van der Waals surface area contributed by atoms with E-state index < -0.39 is 9.84 Å². The van der Waals surface area contributed by atoms with E-state index in [1.807, 2.05) is 6.92 Å². The third-order valence-corrected chi connectivity index (χ3v) is 5.00. The highest BCUT2D eigenvalue weighted by atomic mass is 32.2. The lowest BCUT2D eigenvalue weighted by atomic mass is 10.3. The van der Waals surface area contributed by atoms with Gasteiger partial charge in [0.1, 0.15) is 12.4 Å². The Morgan fingerprint density at radius 1 is 1.29 bits per heavy atom. The highest BCUT2D eigenvalue weighted by molar-refractivity contribution is 7.92. The molecule has 0 aliphatic heterocycles. The van der Waals surface area contributed by atoms with Crippen LogP contribution in [0.25, 0.3) is 0 Å². The molecule has 0 aliphatic rings. The summed E-state index contributed by atoms with van der Waals surface area (Å²) in [5.41, 5.74) is 6.19. The average molecular weight is 257 g/mol. The summed E-state index contributed by atoms with van der Waals surface area (Å²) in [7, 11) is -3.04. The first-order valence-electron chi connectivity index (χ1n) is 5.65. The van der Waals surface area contributed by atoms with E-state index in [-0.39, 0.29) is 17.6 Å². The first kappa shape index (κ1) is 13.8. The van der Waals surface area contributed by atoms with Crippen molar-refractivity contribution in [3.05, 3.63) is 24.3 Å². The number of nitrogens with two attached hydrogens (primary N) is 1. The van der Waals surface area contributed by atoms with Gasteiger partial charge in [0, 0.05) is 5.69 Å². The molecule has 0 bridgehead atoms. The maximum atomic E-state index is 11.7. The Labute approximate surface area is 103 Å². The molecule has 0 spiro atoms. The molecule has 0 aliphatic carbocycles. The van der Waals surface area contributed by atoms with Gasteiger partial charge in [0.15, 0.2) is 9.84 Å². The van der Waals surface area contributed by atoms with E-state index >= 15 is 0 Å². The molecule has 0 heterocycles. The molecule has 1 aromatic carbocycles. The first-order valence-corrected chi connectivity index (χ1v) is 7.37. The molecule has 5 heteroatoms. The van der Waals surface area contributed by atoms with Crippen molar-refractivity contribution >= 4 is 15.5 Å². The number of rotatable bonds is 6. The Morgan fingerprint density at radius 2 is 1.88 bits per heavy atom. The van der Waals surface area contributed by atoms with Gasteiger partial charge in [-0.3, -0.25) is 0 Å². The molecule has 1 atom stereocenters. The van der Waals surface area contributed by atoms with Crippen molar-refractivity contribution in [3.8, 4) is 5.75 Å². The summed E-state index contributed by atoms with van der Waals surface area (Å²) in [4.78, 5) is 0. The zero-order chi connectivity index (χ0) is 12.9. The minimum absolute atomic E-state index is 0.0480. The molecule has 96 valence electrons. The Kier molecular flexibility index (Phi) is 4.81. The number of anilines is 1. The van der Waals surface area contributed by atoms with Gasteiger partial charge in [-0.1, -0.05) is 6.92 Å². The van der Waals surface area contributed by atoms with Crippen LogP contribution in [0.15, 0.2) is 24.3 Å². The van der Waals surface area contributed by atoms with Crippen LogP contribution in [0.5, 0.6) is 5.75 Å². The molecule has 0 saturated heterocycles. The molecule has 0 fully saturated rings. The predicted octanol–water partition coefficient (Wildman–Crippen LogP) is 1.86. The van der Waals surface area contributed by atoms with Gasteiger partial charge in [-0.15, -0.1) is 0 Å². The Balaban J connectivity index is 2.45. The summed E-state index contributed by atoms with van der Waals surface area (Å²) in [6.45, 7) is 3.76. The number of hydrogen-bond acceptors (Lipinski definition) is 4. The zero-order valence-electron chi connectivity index (χ0n) is 10.2. The lowest BCUT2D eigenvalue weighted by molar-refractivity contribution is 0.340. The SMILES string of the molecule is CCC(C)S(=O)(=O)CCOc1ccc(N)cc1. The second kappa shape index (κ2) is 5.91. The van der Waals surface area contributed by atoms with Gasteiger partial charge in [-0.2, -0.15) is 0 Å². The van der Waals surface area contributed by atoms with Crippen molar-refractivity contribution in [1.29, 1.82) is 0 Å². The molecule has 0 amide bonds. The minimum atomic E-state index is -3.04. The van der Waals surface area contributed by atoms with E-state index in [0.717, 1.165) is 0 Å². The van der Waals surface area contributed by atoms with Crippen molar-refractivity contribution in [3.63, 3.8) is 0 Å². The summed E-state index contributed by atoms with van der Waals surface area (Å²) in [6.07, 6.45) is 0.629. The zero-order valence-corrected chi connectivity index (χ0v) is 11.0. The highest BCUT2D eigenvalue weighted by Crippen LogP contribution is 2.13. The van der Waals surface area contributed by atoms with E-state index in [4.69, 9.17) is 10.5 Å². The third-order valence-electron chi connectivity index (χ3n) is 2.70. The summed E-state index contributed by atoms with van der Waals surface area (Å²) in [5.74, 6) is 0.686. The number of benzene rings is 1. The van der Waals surface area contributed by atoms with E-state index in [1.165, 1.54) is 0 Å². The second-order valence-corrected chi connectivity index (χ2v) is 6.54. The van der Waals surface area contributed by atoms with Crippen LogP contribution in [0.2, 0.25) is 0 Å². The van der Waals surface area contributed by atoms with Gasteiger partial charge in [0.25, 0.3) is 0 Å². The topological polar surface area (TPSA) is 69.4 Å². The molecule has 4 nitrogen and oxygen atoms in total. The Morgan fingerprint density at radius 3 is 2.41 bits per heavy atom. The summed E-state index contributed by atoms with van der Waals surface area (Å²) in [5, 5.41) is -0.308. The Hall–Kier alpha value is -1.23. The van der Waals surface area contributed by atoms with Crippen LogP contribution in [0, 0.1) is 0 Å². The maximum absolute atomic E-state index is 11.7. The Bertz CT molecular complexity index is 439. The van der Waals surface area contributed by atoms with E-state index in [0.29, 0.717) is 17.9 Å². The third kappa shape index (κ3) is 4.26. The van der Waals surface area contributed by atoms with Gasteiger partial charge in [-0.05, 0) is 37.6 Å². The fourth-order valence-electron chi connectivity index (χ4n) is 1.29. The molecule has 1 rings (SSSR count). The number of ether oxygens (including phenoxy) is 1. The molecule has 2 N–H and O–H groups in total. The van der Waals surface area contributed by atoms with Crippen LogP contribution >= 0.6 is 0 Å². The lowest BCUT2D eigenvalue weighted by Crippen LogP contribution is -2.23. The first-order chi connectivity index (χ1) is 7.95. The van der Waals surface area contributed by atoms with Crippen molar-refractivity contribution in [2.24, 2.45) is 0 Å². The van der Waals surface area contributed by atoms with Crippen LogP contribution < -0.4 is 10.5 Å². The van der Waals surface area contributed by atoms with E-state index in [9.17, 15) is 8.42 Å². The molecule has 1 aromatic rings. The quantitative estimate of drug-likeness (QED) is 0.790. The van der Waals surface area contributed by atoms with Gasteiger partial charge in [0.2, 0.25) is 0 Å². The number of sulfone groups is 1. The van der Waals surface area contributed by atoms with Crippen molar-refractivity contribution in [2.45, 2.75) is 25.5 Å². The van der Waals surface area contributed by atoms with Crippen LogP contribution in [0.1, 0.15) is 20.3 Å². The summed E-state index contributed by atoms with van der Waals surface area (Å²) < 4.78 is 28.8. The maximum Gasteiger partial charge on any atom is 0.156 e. The van der Waals surface area contributed by atoms with E-state index in [2.05, 4.69) is 0 Å².